The first kappa shape index (κ1) is 31.6. The maximum absolute atomic E-state index is 14.0. The minimum Gasteiger partial charge on any atom is -0.481 e. The highest BCUT2D eigenvalue weighted by Gasteiger charge is 2.35. The van der Waals surface area contributed by atoms with Crippen molar-refractivity contribution in [3.63, 3.8) is 0 Å². The summed E-state index contributed by atoms with van der Waals surface area (Å²) in [5.74, 6) is -1.82. The van der Waals surface area contributed by atoms with Crippen molar-refractivity contribution in [2.24, 2.45) is 11.7 Å². The number of carbonyl (C=O) groups excluding carboxylic acids is 1. The van der Waals surface area contributed by atoms with Crippen molar-refractivity contribution in [2.45, 2.75) is 95.9 Å². The Hall–Kier alpha value is -2.66. The lowest BCUT2D eigenvalue weighted by molar-refractivity contribution is -0.146. The Bertz CT molecular complexity index is 1080. The van der Waals surface area contributed by atoms with E-state index < -0.39 is 28.0 Å². The monoisotopic (exact) mass is 551 g/mol. The fourth-order valence-electron chi connectivity index (χ4n) is 4.78. The molecule has 0 radical (unpaired) electrons. The van der Waals surface area contributed by atoms with Gasteiger partial charge >= 0.3 is 5.97 Å². The number of nitrogens with two attached hydrogens (primary N) is 1. The van der Waals surface area contributed by atoms with Gasteiger partial charge in [-0.1, -0.05) is 53.7 Å². The Balaban J connectivity index is 2.45. The van der Waals surface area contributed by atoms with E-state index in [0.717, 1.165) is 16.7 Å². The molecule has 0 unspecified atom stereocenters. The number of rotatable bonds is 12. The second kappa shape index (κ2) is 13.4. The smallest absolute Gasteiger partial charge is 0.306 e. The van der Waals surface area contributed by atoms with Crippen LogP contribution in [0, 0.1) is 11.3 Å². The van der Waals surface area contributed by atoms with E-state index in [4.69, 9.17) is 11.1 Å². The zero-order chi connectivity index (χ0) is 28.8. The van der Waals surface area contributed by atoms with Crippen LogP contribution in [0.3, 0.4) is 0 Å². The number of piperidine rings is 1. The molecule has 1 saturated heterocycles. The number of nitrogens with one attached hydrogen (secondary N) is 3. The van der Waals surface area contributed by atoms with Crippen LogP contribution in [0.25, 0.3) is 0 Å². The number of guanidine groups is 1. The molecular weight excluding hydrogens is 506 g/mol. The molecule has 2 rings (SSSR count). The first-order chi connectivity index (χ1) is 17.7. The van der Waals surface area contributed by atoms with Gasteiger partial charge in [-0.25, -0.2) is 8.42 Å². The topological polar surface area (TPSA) is 166 Å². The summed E-state index contributed by atoms with van der Waals surface area (Å²) in [5.41, 5.74) is 7.87. The van der Waals surface area contributed by atoms with E-state index in [1.807, 2.05) is 39.8 Å². The van der Waals surface area contributed by atoms with Crippen molar-refractivity contribution in [3.05, 3.63) is 28.8 Å². The van der Waals surface area contributed by atoms with Crippen molar-refractivity contribution in [3.8, 4) is 0 Å². The second-order valence-electron chi connectivity index (χ2n) is 11.1. The maximum atomic E-state index is 14.0. The first-order valence-electron chi connectivity index (χ1n) is 13.4. The van der Waals surface area contributed by atoms with Crippen LogP contribution >= 0.6 is 0 Å². The van der Waals surface area contributed by atoms with Gasteiger partial charge in [0.15, 0.2) is 5.96 Å². The molecule has 1 heterocycles. The largest absolute Gasteiger partial charge is 0.481 e. The normalized spacial score (nSPS) is 15.8. The number of nitrogens with zero attached hydrogens (tertiary/aromatic N) is 1. The Kier molecular flexibility index (Phi) is 11.1. The SMILES string of the molecule is CC(C)c1cc(C(C)C)c(S(=O)(=O)N[C@@H](CCCNC(=N)N)C(=O)N2CCC(C(=O)O)CC2)c(C(C)C)c1. The fourth-order valence-corrected chi connectivity index (χ4v) is 6.70. The summed E-state index contributed by atoms with van der Waals surface area (Å²) in [4.78, 5) is 26.7. The number of carbonyl (C=O) groups is 2. The summed E-state index contributed by atoms with van der Waals surface area (Å²) in [6.45, 7) is 12.8. The van der Waals surface area contributed by atoms with Crippen LogP contribution in [0.5, 0.6) is 0 Å². The van der Waals surface area contributed by atoms with Crippen LogP contribution in [-0.4, -0.2) is 61.9 Å². The van der Waals surface area contributed by atoms with Gasteiger partial charge in [-0.05, 0) is 60.1 Å². The van der Waals surface area contributed by atoms with E-state index >= 15 is 0 Å². The molecule has 0 saturated carbocycles. The van der Waals surface area contributed by atoms with Crippen LogP contribution in [0.2, 0.25) is 0 Å². The average molecular weight is 552 g/mol. The molecule has 1 fully saturated rings. The van der Waals surface area contributed by atoms with Crippen molar-refractivity contribution >= 4 is 27.9 Å². The lowest BCUT2D eigenvalue weighted by Gasteiger charge is -2.33. The zero-order valence-electron chi connectivity index (χ0n) is 23.5. The Labute approximate surface area is 227 Å². The molecule has 1 aliphatic heterocycles. The number of carboxylic acids is 1. The minimum atomic E-state index is -4.09. The lowest BCUT2D eigenvalue weighted by Crippen LogP contribution is -2.51. The maximum Gasteiger partial charge on any atom is 0.306 e. The molecule has 1 aromatic carbocycles. The van der Waals surface area contributed by atoms with Crippen LogP contribution in [-0.2, 0) is 19.6 Å². The molecule has 11 heteroatoms. The van der Waals surface area contributed by atoms with Gasteiger partial charge in [-0.15, -0.1) is 0 Å². The standard InChI is InChI=1S/C27H45N5O5S/c1-16(2)20-14-21(17(3)4)24(22(15-20)18(5)6)38(36,37)31-23(8-7-11-30-27(28)29)25(33)32-12-9-19(10-13-32)26(34)35/h14-19,23,31H,7-13H2,1-6H3,(H,34,35)(H4,28,29,30)/t23-/m0/s1. The second-order valence-corrected chi connectivity index (χ2v) is 12.7. The van der Waals surface area contributed by atoms with Gasteiger partial charge in [0.25, 0.3) is 0 Å². The molecule has 1 aromatic rings. The van der Waals surface area contributed by atoms with Crippen LogP contribution in [0.1, 0.15) is 102 Å². The molecule has 38 heavy (non-hydrogen) atoms. The van der Waals surface area contributed by atoms with Crippen LogP contribution in [0.4, 0.5) is 0 Å². The van der Waals surface area contributed by atoms with Crippen LogP contribution < -0.4 is 15.8 Å². The van der Waals surface area contributed by atoms with Crippen molar-refractivity contribution in [1.82, 2.24) is 14.9 Å². The summed E-state index contributed by atoms with van der Waals surface area (Å²) in [5, 5.41) is 19.3. The summed E-state index contributed by atoms with van der Waals surface area (Å²) in [6, 6.07) is 2.89. The van der Waals surface area contributed by atoms with Gasteiger partial charge in [0.1, 0.15) is 6.04 Å². The Morgan fingerprint density at radius 3 is 2.00 bits per heavy atom. The van der Waals surface area contributed by atoms with E-state index in [9.17, 15) is 23.1 Å². The van der Waals surface area contributed by atoms with Crippen LogP contribution in [0.15, 0.2) is 17.0 Å². The van der Waals surface area contributed by atoms with Gasteiger partial charge < -0.3 is 21.1 Å². The van der Waals surface area contributed by atoms with Gasteiger partial charge in [-0.2, -0.15) is 4.72 Å². The quantitative estimate of drug-likeness (QED) is 0.151. The van der Waals surface area contributed by atoms with Gasteiger partial charge in [0.05, 0.1) is 10.8 Å². The summed E-state index contributed by atoms with van der Waals surface area (Å²) in [6.07, 6.45) is 1.27. The minimum absolute atomic E-state index is 0.0539. The van der Waals surface area contributed by atoms with E-state index in [2.05, 4.69) is 23.9 Å². The molecular formula is C27H45N5O5S. The fraction of sp³-hybridized carbons (Fsp3) is 0.667. The predicted molar refractivity (Wildman–Crippen MR) is 149 cm³/mol. The predicted octanol–water partition coefficient (Wildman–Crippen LogP) is 3.29. The highest BCUT2D eigenvalue weighted by atomic mass is 32.2. The highest BCUT2D eigenvalue weighted by Crippen LogP contribution is 2.35. The van der Waals surface area contributed by atoms with E-state index in [1.54, 1.807) is 4.90 Å². The molecule has 1 aliphatic rings. The molecule has 0 bridgehead atoms. The average Bonchev–Trinajstić information content (AvgIpc) is 2.84. The van der Waals surface area contributed by atoms with E-state index in [-0.39, 0.29) is 54.0 Å². The highest BCUT2D eigenvalue weighted by molar-refractivity contribution is 7.89. The summed E-state index contributed by atoms with van der Waals surface area (Å²) in [7, 11) is -4.09. The first-order valence-corrected chi connectivity index (χ1v) is 14.9. The van der Waals surface area contributed by atoms with Gasteiger partial charge in [-0.3, -0.25) is 15.0 Å². The third-order valence-electron chi connectivity index (χ3n) is 7.08. The van der Waals surface area contributed by atoms with E-state index in [1.165, 1.54) is 0 Å². The number of sulfonamides is 1. The molecule has 1 atom stereocenters. The number of carboxylic acid groups (broad SMARTS) is 1. The van der Waals surface area contributed by atoms with Crippen molar-refractivity contribution in [1.29, 1.82) is 5.41 Å². The number of benzene rings is 1. The summed E-state index contributed by atoms with van der Waals surface area (Å²) < 4.78 is 30.7. The zero-order valence-corrected chi connectivity index (χ0v) is 24.3. The number of likely N-dealkylation sites (tertiary alicyclic amines) is 1. The molecule has 214 valence electrons. The number of aliphatic carboxylic acids is 1. The number of hydrogen-bond acceptors (Lipinski definition) is 5. The Morgan fingerprint density at radius 1 is 1.05 bits per heavy atom. The van der Waals surface area contributed by atoms with Crippen molar-refractivity contribution < 1.29 is 23.1 Å². The molecule has 0 aromatic heterocycles. The summed E-state index contributed by atoms with van der Waals surface area (Å²) >= 11 is 0. The third-order valence-corrected chi connectivity index (χ3v) is 8.69. The van der Waals surface area contributed by atoms with Crippen molar-refractivity contribution in [2.75, 3.05) is 19.6 Å². The number of amides is 1. The van der Waals surface area contributed by atoms with Gasteiger partial charge in [0, 0.05) is 19.6 Å². The lowest BCUT2D eigenvalue weighted by atomic mass is 9.89. The van der Waals surface area contributed by atoms with Gasteiger partial charge in [0.2, 0.25) is 15.9 Å². The number of hydrogen-bond donors (Lipinski definition) is 5. The molecule has 1 amide bonds. The molecule has 0 aliphatic carbocycles. The molecule has 10 nitrogen and oxygen atoms in total. The Morgan fingerprint density at radius 2 is 1.58 bits per heavy atom. The van der Waals surface area contributed by atoms with E-state index in [0.29, 0.717) is 25.8 Å². The molecule has 6 N–H and O–H groups in total. The third kappa shape index (κ3) is 8.17. The molecule has 0 spiro atoms.